The molecule has 118 valence electrons. The van der Waals surface area contributed by atoms with Gasteiger partial charge in [0, 0.05) is 31.7 Å². The number of aromatic nitrogens is 2. The van der Waals surface area contributed by atoms with E-state index in [9.17, 15) is 0 Å². The number of rotatable bonds is 6. The summed E-state index contributed by atoms with van der Waals surface area (Å²) in [5.74, 6) is 8.20. The van der Waals surface area contributed by atoms with Gasteiger partial charge < -0.3 is 15.1 Å². The standard InChI is InChI=1S/C15H27N5O/c1-4-6-13-17-14(19-16)11(3)15(18-13)20-9-7-12(8-10-20)21-5-2/h12H,4-10,16H2,1-3H3,(H,17,18,19). The van der Waals surface area contributed by atoms with Crippen LogP contribution in [0.3, 0.4) is 0 Å². The van der Waals surface area contributed by atoms with E-state index in [1.807, 2.05) is 6.92 Å². The topological polar surface area (TPSA) is 76.3 Å². The van der Waals surface area contributed by atoms with E-state index in [0.29, 0.717) is 6.10 Å². The van der Waals surface area contributed by atoms with Gasteiger partial charge in [-0.1, -0.05) is 6.92 Å². The summed E-state index contributed by atoms with van der Waals surface area (Å²) in [7, 11) is 0. The first-order valence-corrected chi connectivity index (χ1v) is 7.90. The molecule has 0 aliphatic carbocycles. The lowest BCUT2D eigenvalue weighted by atomic mass is 10.1. The van der Waals surface area contributed by atoms with Crippen molar-refractivity contribution in [3.05, 3.63) is 11.4 Å². The lowest BCUT2D eigenvalue weighted by Gasteiger charge is -2.33. The van der Waals surface area contributed by atoms with Gasteiger partial charge in [0.25, 0.3) is 0 Å². The second kappa shape index (κ2) is 7.56. The Kier molecular flexibility index (Phi) is 5.76. The maximum absolute atomic E-state index is 5.71. The Morgan fingerprint density at radius 3 is 2.57 bits per heavy atom. The van der Waals surface area contributed by atoms with Crippen molar-refractivity contribution in [2.75, 3.05) is 30.0 Å². The maximum Gasteiger partial charge on any atom is 0.148 e. The molecule has 0 bridgehead atoms. The minimum atomic E-state index is 0.385. The predicted molar refractivity (Wildman–Crippen MR) is 85.4 cm³/mol. The molecule has 1 aliphatic rings. The second-order valence-electron chi connectivity index (χ2n) is 5.47. The van der Waals surface area contributed by atoms with E-state index in [0.717, 1.165) is 68.4 Å². The van der Waals surface area contributed by atoms with E-state index in [4.69, 9.17) is 15.6 Å². The van der Waals surface area contributed by atoms with Gasteiger partial charge in [0.2, 0.25) is 0 Å². The molecule has 3 N–H and O–H groups in total. The summed E-state index contributed by atoms with van der Waals surface area (Å²) in [4.78, 5) is 11.6. The molecule has 1 fully saturated rings. The highest BCUT2D eigenvalue weighted by molar-refractivity contribution is 5.58. The van der Waals surface area contributed by atoms with Crippen molar-refractivity contribution in [1.82, 2.24) is 9.97 Å². The van der Waals surface area contributed by atoms with Gasteiger partial charge in [-0.05, 0) is 33.1 Å². The van der Waals surface area contributed by atoms with Crippen LogP contribution >= 0.6 is 0 Å². The molecule has 0 aromatic carbocycles. The number of hydrogen-bond donors (Lipinski definition) is 2. The van der Waals surface area contributed by atoms with Crippen LogP contribution in [-0.4, -0.2) is 35.8 Å². The SMILES string of the molecule is CCCc1nc(NN)c(C)c(N2CCC(OCC)CC2)n1. The zero-order valence-corrected chi connectivity index (χ0v) is 13.4. The average Bonchev–Trinajstić information content (AvgIpc) is 2.50. The highest BCUT2D eigenvalue weighted by Crippen LogP contribution is 2.26. The fourth-order valence-electron chi connectivity index (χ4n) is 2.80. The minimum absolute atomic E-state index is 0.385. The number of nitrogens with zero attached hydrogens (tertiary/aromatic N) is 3. The van der Waals surface area contributed by atoms with Crippen LogP contribution in [0.1, 0.15) is 44.5 Å². The lowest BCUT2D eigenvalue weighted by Crippen LogP contribution is -2.38. The smallest absolute Gasteiger partial charge is 0.148 e. The second-order valence-corrected chi connectivity index (χ2v) is 5.47. The Bertz CT molecular complexity index is 458. The first kappa shape index (κ1) is 16.0. The highest BCUT2D eigenvalue weighted by Gasteiger charge is 2.23. The molecule has 0 unspecified atom stereocenters. The van der Waals surface area contributed by atoms with Crippen LogP contribution in [-0.2, 0) is 11.2 Å². The summed E-state index contributed by atoms with van der Waals surface area (Å²) < 4.78 is 5.71. The number of anilines is 2. The number of nitrogens with two attached hydrogens (primary N) is 1. The van der Waals surface area contributed by atoms with Crippen molar-refractivity contribution >= 4 is 11.6 Å². The molecule has 0 saturated carbocycles. The zero-order chi connectivity index (χ0) is 15.2. The molecule has 6 nitrogen and oxygen atoms in total. The quantitative estimate of drug-likeness (QED) is 0.617. The lowest BCUT2D eigenvalue weighted by molar-refractivity contribution is 0.0458. The molecule has 1 aromatic heterocycles. The fourth-order valence-corrected chi connectivity index (χ4v) is 2.80. The number of aryl methyl sites for hydroxylation is 1. The third-order valence-corrected chi connectivity index (χ3v) is 3.92. The Balaban J connectivity index is 2.17. The van der Waals surface area contributed by atoms with Gasteiger partial charge >= 0.3 is 0 Å². The zero-order valence-electron chi connectivity index (χ0n) is 13.4. The third kappa shape index (κ3) is 3.83. The van der Waals surface area contributed by atoms with E-state index in [2.05, 4.69) is 29.2 Å². The van der Waals surface area contributed by atoms with Crippen LogP contribution in [0.5, 0.6) is 0 Å². The predicted octanol–water partition coefficient (Wildman–Crippen LogP) is 2.03. The summed E-state index contributed by atoms with van der Waals surface area (Å²) in [5.41, 5.74) is 3.72. The van der Waals surface area contributed by atoms with Gasteiger partial charge in [-0.2, -0.15) is 0 Å². The number of hydrogen-bond acceptors (Lipinski definition) is 6. The Hall–Kier alpha value is -1.40. The van der Waals surface area contributed by atoms with Gasteiger partial charge in [-0.15, -0.1) is 0 Å². The normalized spacial score (nSPS) is 16.3. The highest BCUT2D eigenvalue weighted by atomic mass is 16.5. The average molecular weight is 293 g/mol. The Morgan fingerprint density at radius 1 is 1.29 bits per heavy atom. The molecule has 2 rings (SSSR count). The Morgan fingerprint density at radius 2 is 2.00 bits per heavy atom. The molecular weight excluding hydrogens is 266 g/mol. The Labute approximate surface area is 127 Å². The van der Waals surface area contributed by atoms with Crippen LogP contribution < -0.4 is 16.2 Å². The molecule has 1 saturated heterocycles. The van der Waals surface area contributed by atoms with Gasteiger partial charge in [0.15, 0.2) is 0 Å². The van der Waals surface area contributed by atoms with Gasteiger partial charge in [0.05, 0.1) is 6.10 Å². The maximum atomic E-state index is 5.71. The molecule has 6 heteroatoms. The molecule has 0 atom stereocenters. The van der Waals surface area contributed by atoms with E-state index < -0.39 is 0 Å². The van der Waals surface area contributed by atoms with Gasteiger partial charge in [0.1, 0.15) is 17.5 Å². The minimum Gasteiger partial charge on any atom is -0.378 e. The van der Waals surface area contributed by atoms with Crippen molar-refractivity contribution in [1.29, 1.82) is 0 Å². The summed E-state index contributed by atoms with van der Waals surface area (Å²) in [6, 6.07) is 0. The third-order valence-electron chi connectivity index (χ3n) is 3.92. The van der Waals surface area contributed by atoms with E-state index >= 15 is 0 Å². The molecule has 0 radical (unpaired) electrons. The molecule has 2 heterocycles. The molecule has 0 amide bonds. The van der Waals surface area contributed by atoms with Crippen molar-refractivity contribution < 1.29 is 4.74 Å². The first-order valence-electron chi connectivity index (χ1n) is 7.90. The first-order chi connectivity index (χ1) is 10.2. The van der Waals surface area contributed by atoms with Crippen molar-refractivity contribution in [2.45, 2.75) is 52.6 Å². The van der Waals surface area contributed by atoms with Crippen molar-refractivity contribution in [3.63, 3.8) is 0 Å². The monoisotopic (exact) mass is 293 g/mol. The number of ether oxygens (including phenoxy) is 1. The number of nitrogens with one attached hydrogen (secondary N) is 1. The molecular formula is C15H27N5O. The summed E-state index contributed by atoms with van der Waals surface area (Å²) in [6.07, 6.45) is 4.38. The van der Waals surface area contributed by atoms with Crippen LogP contribution in [0, 0.1) is 6.92 Å². The summed E-state index contributed by atoms with van der Waals surface area (Å²) in [6.45, 7) is 8.94. The van der Waals surface area contributed by atoms with Gasteiger partial charge in [-0.25, -0.2) is 15.8 Å². The van der Waals surface area contributed by atoms with Crippen LogP contribution in [0.25, 0.3) is 0 Å². The van der Waals surface area contributed by atoms with Gasteiger partial charge in [-0.3, -0.25) is 0 Å². The summed E-state index contributed by atoms with van der Waals surface area (Å²) in [5, 5.41) is 0. The van der Waals surface area contributed by atoms with Crippen LogP contribution in [0.2, 0.25) is 0 Å². The molecule has 1 aromatic rings. The van der Waals surface area contributed by atoms with Crippen molar-refractivity contribution in [3.8, 4) is 0 Å². The van der Waals surface area contributed by atoms with Crippen LogP contribution in [0.4, 0.5) is 11.6 Å². The number of hydrazine groups is 1. The number of piperidine rings is 1. The molecule has 21 heavy (non-hydrogen) atoms. The molecule has 0 spiro atoms. The van der Waals surface area contributed by atoms with E-state index in [1.54, 1.807) is 0 Å². The number of nitrogen functional groups attached to an aromatic ring is 1. The van der Waals surface area contributed by atoms with E-state index in [1.165, 1.54) is 0 Å². The van der Waals surface area contributed by atoms with Crippen molar-refractivity contribution in [2.24, 2.45) is 5.84 Å². The molecule has 1 aliphatic heterocycles. The van der Waals surface area contributed by atoms with Crippen LogP contribution in [0.15, 0.2) is 0 Å². The van der Waals surface area contributed by atoms with E-state index in [-0.39, 0.29) is 0 Å². The summed E-state index contributed by atoms with van der Waals surface area (Å²) >= 11 is 0. The largest absolute Gasteiger partial charge is 0.378 e. The fraction of sp³-hybridized carbons (Fsp3) is 0.733.